The fourth-order valence-electron chi connectivity index (χ4n) is 1.60. The summed E-state index contributed by atoms with van der Waals surface area (Å²) in [4.78, 5) is 4.06. The van der Waals surface area contributed by atoms with E-state index in [0.29, 0.717) is 11.4 Å². The molecule has 1 aromatic heterocycles. The van der Waals surface area contributed by atoms with Crippen molar-refractivity contribution >= 4 is 0 Å². The van der Waals surface area contributed by atoms with E-state index in [2.05, 4.69) is 4.98 Å². The predicted octanol–water partition coefficient (Wildman–Crippen LogP) is 1.97. The maximum absolute atomic E-state index is 13.0. The molecular formula is C12H12F2N2O. The first kappa shape index (κ1) is 11.7. The molecule has 0 amide bonds. The molecule has 0 aliphatic carbocycles. The SMILES string of the molecule is Cn1ccnc1CC(O)c1ccc(F)c(F)c1. The largest absolute Gasteiger partial charge is 0.388 e. The Hall–Kier alpha value is -1.75. The molecule has 1 atom stereocenters. The van der Waals surface area contributed by atoms with Crippen LogP contribution >= 0.6 is 0 Å². The Morgan fingerprint density at radius 1 is 1.35 bits per heavy atom. The first-order valence-corrected chi connectivity index (χ1v) is 5.17. The third-order valence-corrected chi connectivity index (χ3v) is 2.63. The van der Waals surface area contributed by atoms with Crippen LogP contribution in [0, 0.1) is 11.6 Å². The predicted molar refractivity (Wildman–Crippen MR) is 58.2 cm³/mol. The van der Waals surface area contributed by atoms with E-state index in [1.165, 1.54) is 6.07 Å². The average Bonchev–Trinajstić information content (AvgIpc) is 2.68. The Balaban J connectivity index is 2.17. The Morgan fingerprint density at radius 2 is 2.12 bits per heavy atom. The number of aliphatic hydroxyl groups is 1. The maximum Gasteiger partial charge on any atom is 0.159 e. The summed E-state index contributed by atoms with van der Waals surface area (Å²) < 4.78 is 27.5. The maximum atomic E-state index is 13.0. The van der Waals surface area contributed by atoms with E-state index >= 15 is 0 Å². The average molecular weight is 238 g/mol. The number of hydrogen-bond donors (Lipinski definition) is 1. The molecule has 1 aromatic carbocycles. The highest BCUT2D eigenvalue weighted by Crippen LogP contribution is 2.19. The van der Waals surface area contributed by atoms with Crippen LogP contribution in [-0.2, 0) is 13.5 Å². The van der Waals surface area contributed by atoms with Gasteiger partial charge in [0.25, 0.3) is 0 Å². The van der Waals surface area contributed by atoms with Gasteiger partial charge in [0.1, 0.15) is 5.82 Å². The first-order chi connectivity index (χ1) is 8.08. The number of aromatic nitrogens is 2. The zero-order chi connectivity index (χ0) is 12.4. The number of nitrogens with zero attached hydrogens (tertiary/aromatic N) is 2. The van der Waals surface area contributed by atoms with Gasteiger partial charge in [0.2, 0.25) is 0 Å². The summed E-state index contributed by atoms with van der Waals surface area (Å²) in [5, 5.41) is 9.89. The van der Waals surface area contributed by atoms with Crippen LogP contribution in [0.4, 0.5) is 8.78 Å². The summed E-state index contributed by atoms with van der Waals surface area (Å²) in [6, 6.07) is 3.38. The van der Waals surface area contributed by atoms with Crippen molar-refractivity contribution in [3.8, 4) is 0 Å². The van der Waals surface area contributed by atoms with Crippen LogP contribution in [0.1, 0.15) is 17.5 Å². The minimum atomic E-state index is -0.957. The van der Waals surface area contributed by atoms with Gasteiger partial charge in [0.05, 0.1) is 6.10 Å². The zero-order valence-corrected chi connectivity index (χ0v) is 9.27. The van der Waals surface area contributed by atoms with Gasteiger partial charge in [-0.15, -0.1) is 0 Å². The molecule has 1 heterocycles. The normalized spacial score (nSPS) is 12.7. The van der Waals surface area contributed by atoms with Crippen molar-refractivity contribution in [2.24, 2.45) is 7.05 Å². The van der Waals surface area contributed by atoms with E-state index in [4.69, 9.17) is 0 Å². The number of benzene rings is 1. The van der Waals surface area contributed by atoms with Gasteiger partial charge in [-0.05, 0) is 17.7 Å². The van der Waals surface area contributed by atoms with Gasteiger partial charge < -0.3 is 9.67 Å². The number of rotatable bonds is 3. The van der Waals surface area contributed by atoms with Crippen LogP contribution < -0.4 is 0 Å². The molecule has 17 heavy (non-hydrogen) atoms. The van der Waals surface area contributed by atoms with E-state index < -0.39 is 17.7 Å². The van der Waals surface area contributed by atoms with Gasteiger partial charge in [-0.25, -0.2) is 13.8 Å². The summed E-state index contributed by atoms with van der Waals surface area (Å²) in [5.41, 5.74) is 0.340. The number of hydrogen-bond acceptors (Lipinski definition) is 2. The van der Waals surface area contributed by atoms with Crippen LogP contribution in [-0.4, -0.2) is 14.7 Å². The van der Waals surface area contributed by atoms with Crippen LogP contribution in [0.3, 0.4) is 0 Å². The first-order valence-electron chi connectivity index (χ1n) is 5.17. The minimum absolute atomic E-state index is 0.259. The minimum Gasteiger partial charge on any atom is -0.388 e. The Morgan fingerprint density at radius 3 is 2.71 bits per heavy atom. The lowest BCUT2D eigenvalue weighted by molar-refractivity contribution is 0.174. The number of aliphatic hydroxyl groups excluding tert-OH is 1. The molecule has 3 nitrogen and oxygen atoms in total. The van der Waals surface area contributed by atoms with E-state index in [9.17, 15) is 13.9 Å². The molecule has 2 aromatic rings. The van der Waals surface area contributed by atoms with Crippen molar-refractivity contribution in [3.63, 3.8) is 0 Å². The lowest BCUT2D eigenvalue weighted by atomic mass is 10.1. The van der Waals surface area contributed by atoms with Crippen molar-refractivity contribution in [1.29, 1.82) is 0 Å². The van der Waals surface area contributed by atoms with Crippen molar-refractivity contribution in [3.05, 3.63) is 53.6 Å². The Labute approximate surface area is 97.3 Å². The van der Waals surface area contributed by atoms with E-state index in [-0.39, 0.29) is 6.42 Å². The number of imidazole rings is 1. The molecule has 0 radical (unpaired) electrons. The standard InChI is InChI=1S/C12H12F2N2O/c1-16-5-4-15-12(16)7-11(17)8-2-3-9(13)10(14)6-8/h2-6,11,17H,7H2,1H3. The summed E-state index contributed by atoms with van der Waals surface area (Å²) in [5.74, 6) is -1.19. The third-order valence-electron chi connectivity index (χ3n) is 2.63. The highest BCUT2D eigenvalue weighted by Gasteiger charge is 2.13. The number of aryl methyl sites for hydroxylation is 1. The Bertz CT molecular complexity index is 525. The smallest absolute Gasteiger partial charge is 0.159 e. The number of halogens is 2. The van der Waals surface area contributed by atoms with Crippen LogP contribution in [0.15, 0.2) is 30.6 Å². The molecule has 90 valence electrons. The monoisotopic (exact) mass is 238 g/mol. The highest BCUT2D eigenvalue weighted by atomic mass is 19.2. The van der Waals surface area contributed by atoms with Crippen molar-refractivity contribution in [1.82, 2.24) is 9.55 Å². The summed E-state index contributed by atoms with van der Waals surface area (Å²) in [6.45, 7) is 0. The molecule has 2 rings (SSSR count). The highest BCUT2D eigenvalue weighted by molar-refractivity contribution is 5.21. The molecule has 0 aliphatic rings. The van der Waals surface area contributed by atoms with Crippen molar-refractivity contribution in [2.45, 2.75) is 12.5 Å². The van der Waals surface area contributed by atoms with Gasteiger partial charge >= 0.3 is 0 Å². The second kappa shape index (κ2) is 4.63. The van der Waals surface area contributed by atoms with Crippen LogP contribution in [0.2, 0.25) is 0 Å². The second-order valence-corrected chi connectivity index (χ2v) is 3.85. The van der Waals surface area contributed by atoms with Gasteiger partial charge in [-0.2, -0.15) is 0 Å². The molecule has 0 spiro atoms. The molecule has 0 saturated heterocycles. The summed E-state index contributed by atoms with van der Waals surface area (Å²) in [7, 11) is 1.81. The van der Waals surface area contributed by atoms with E-state index in [1.54, 1.807) is 24.0 Å². The molecule has 0 aliphatic heterocycles. The fourth-order valence-corrected chi connectivity index (χ4v) is 1.60. The molecule has 5 heteroatoms. The van der Waals surface area contributed by atoms with E-state index in [1.807, 2.05) is 0 Å². The quantitative estimate of drug-likeness (QED) is 0.887. The van der Waals surface area contributed by atoms with E-state index in [0.717, 1.165) is 12.1 Å². The molecular weight excluding hydrogens is 226 g/mol. The van der Waals surface area contributed by atoms with Gasteiger partial charge in [0, 0.05) is 25.9 Å². The van der Waals surface area contributed by atoms with Crippen LogP contribution in [0.25, 0.3) is 0 Å². The second-order valence-electron chi connectivity index (χ2n) is 3.85. The zero-order valence-electron chi connectivity index (χ0n) is 9.27. The molecule has 0 saturated carbocycles. The Kier molecular flexibility index (Phi) is 3.19. The van der Waals surface area contributed by atoms with Gasteiger partial charge in [0.15, 0.2) is 11.6 Å². The molecule has 1 N–H and O–H groups in total. The molecule has 0 bridgehead atoms. The lowest BCUT2D eigenvalue weighted by Crippen LogP contribution is -2.07. The molecule has 1 unspecified atom stereocenters. The molecule has 0 fully saturated rings. The van der Waals surface area contributed by atoms with Gasteiger partial charge in [-0.1, -0.05) is 6.07 Å². The van der Waals surface area contributed by atoms with Crippen molar-refractivity contribution < 1.29 is 13.9 Å². The fraction of sp³-hybridized carbons (Fsp3) is 0.250. The third kappa shape index (κ3) is 2.50. The van der Waals surface area contributed by atoms with Gasteiger partial charge in [-0.3, -0.25) is 0 Å². The topological polar surface area (TPSA) is 38.0 Å². The summed E-state index contributed by atoms with van der Waals surface area (Å²) in [6.07, 6.45) is 2.74. The van der Waals surface area contributed by atoms with Crippen molar-refractivity contribution in [2.75, 3.05) is 0 Å². The summed E-state index contributed by atoms with van der Waals surface area (Å²) >= 11 is 0. The lowest BCUT2D eigenvalue weighted by Gasteiger charge is -2.11. The van der Waals surface area contributed by atoms with Crippen LogP contribution in [0.5, 0.6) is 0 Å².